The van der Waals surface area contributed by atoms with Gasteiger partial charge in [0.15, 0.2) is 0 Å². The summed E-state index contributed by atoms with van der Waals surface area (Å²) in [5, 5.41) is 0. The molecule has 1 aromatic heterocycles. The Balaban J connectivity index is 1.73. The second-order valence-electron chi connectivity index (χ2n) is 7.62. The second kappa shape index (κ2) is 7.58. The van der Waals surface area contributed by atoms with Gasteiger partial charge < -0.3 is 14.2 Å². The van der Waals surface area contributed by atoms with Crippen LogP contribution in [0.5, 0.6) is 0 Å². The highest BCUT2D eigenvalue weighted by molar-refractivity contribution is 5.78. The molecule has 1 aromatic carbocycles. The van der Waals surface area contributed by atoms with E-state index in [1.165, 1.54) is 6.07 Å². The van der Waals surface area contributed by atoms with Gasteiger partial charge in [0.2, 0.25) is 11.8 Å². The SMILES string of the molecule is CN(C)CC(=O)N1CCCC(C)(c2ncc(Cc3ccccc3F)o2)C1. The number of piperidine rings is 1. The number of halogens is 1. The van der Waals surface area contributed by atoms with Crippen molar-refractivity contribution in [2.45, 2.75) is 31.6 Å². The summed E-state index contributed by atoms with van der Waals surface area (Å²) < 4.78 is 19.8. The number of amides is 1. The van der Waals surface area contributed by atoms with Crippen molar-refractivity contribution in [2.24, 2.45) is 0 Å². The van der Waals surface area contributed by atoms with E-state index in [2.05, 4.69) is 11.9 Å². The van der Waals surface area contributed by atoms with Gasteiger partial charge in [-0.3, -0.25) is 4.79 Å². The van der Waals surface area contributed by atoms with Gasteiger partial charge in [0.25, 0.3) is 0 Å². The molecule has 26 heavy (non-hydrogen) atoms. The first-order chi connectivity index (χ1) is 12.4. The Morgan fingerprint density at radius 2 is 2.15 bits per heavy atom. The van der Waals surface area contributed by atoms with E-state index in [-0.39, 0.29) is 17.1 Å². The second-order valence-corrected chi connectivity index (χ2v) is 7.62. The average molecular weight is 359 g/mol. The highest BCUT2D eigenvalue weighted by atomic mass is 19.1. The van der Waals surface area contributed by atoms with E-state index in [0.717, 1.165) is 19.4 Å². The van der Waals surface area contributed by atoms with Crippen molar-refractivity contribution in [3.8, 4) is 0 Å². The molecular formula is C20H26FN3O2. The Morgan fingerprint density at radius 1 is 1.38 bits per heavy atom. The third-order valence-electron chi connectivity index (χ3n) is 4.89. The largest absolute Gasteiger partial charge is 0.445 e. The molecule has 5 nitrogen and oxygen atoms in total. The van der Waals surface area contributed by atoms with Crippen molar-refractivity contribution in [1.82, 2.24) is 14.8 Å². The lowest BCUT2D eigenvalue weighted by Crippen LogP contribution is -2.49. The number of likely N-dealkylation sites (N-methyl/N-ethyl adjacent to an activating group) is 1. The summed E-state index contributed by atoms with van der Waals surface area (Å²) in [5.74, 6) is 1.16. The van der Waals surface area contributed by atoms with E-state index in [9.17, 15) is 9.18 Å². The van der Waals surface area contributed by atoms with E-state index >= 15 is 0 Å². The Hall–Kier alpha value is -2.21. The standard InChI is InChI=1S/C20H26FN3O2/c1-20(9-6-10-24(14-20)18(25)13-23(2)3)19-22-12-16(26-19)11-15-7-4-5-8-17(15)21/h4-5,7-8,12H,6,9-11,13-14H2,1-3H3. The Morgan fingerprint density at radius 3 is 2.88 bits per heavy atom. The summed E-state index contributed by atoms with van der Waals surface area (Å²) in [6.45, 7) is 3.85. The molecule has 1 aliphatic heterocycles. The van der Waals surface area contributed by atoms with Crippen LogP contribution in [0.1, 0.15) is 37.0 Å². The predicted octanol–water partition coefficient (Wildman–Crippen LogP) is 2.85. The number of nitrogens with zero attached hydrogens (tertiary/aromatic N) is 3. The zero-order valence-electron chi connectivity index (χ0n) is 15.7. The molecule has 0 radical (unpaired) electrons. The van der Waals surface area contributed by atoms with E-state index < -0.39 is 0 Å². The summed E-state index contributed by atoms with van der Waals surface area (Å²) in [7, 11) is 3.79. The molecule has 1 atom stereocenters. The molecule has 3 rings (SSSR count). The molecule has 1 saturated heterocycles. The fraction of sp³-hybridized carbons (Fsp3) is 0.500. The molecule has 1 fully saturated rings. The van der Waals surface area contributed by atoms with Crippen LogP contribution in [0.2, 0.25) is 0 Å². The Bertz CT molecular complexity index is 774. The predicted molar refractivity (Wildman–Crippen MR) is 97.4 cm³/mol. The molecule has 1 amide bonds. The molecular weight excluding hydrogens is 333 g/mol. The third kappa shape index (κ3) is 4.12. The fourth-order valence-corrected chi connectivity index (χ4v) is 3.50. The first-order valence-electron chi connectivity index (χ1n) is 8.98. The number of hydrogen-bond donors (Lipinski definition) is 0. The summed E-state index contributed by atoms with van der Waals surface area (Å²) >= 11 is 0. The van der Waals surface area contributed by atoms with Crippen molar-refractivity contribution in [1.29, 1.82) is 0 Å². The zero-order valence-corrected chi connectivity index (χ0v) is 15.7. The lowest BCUT2D eigenvalue weighted by atomic mass is 9.81. The van der Waals surface area contributed by atoms with Gasteiger partial charge in [0.05, 0.1) is 18.2 Å². The highest BCUT2D eigenvalue weighted by Crippen LogP contribution is 2.33. The fourth-order valence-electron chi connectivity index (χ4n) is 3.50. The van der Waals surface area contributed by atoms with Crippen LogP contribution in [0.15, 0.2) is 34.9 Å². The minimum absolute atomic E-state index is 0.124. The van der Waals surface area contributed by atoms with Gasteiger partial charge >= 0.3 is 0 Å². The van der Waals surface area contributed by atoms with Crippen LogP contribution in [0.4, 0.5) is 4.39 Å². The van der Waals surface area contributed by atoms with Crippen LogP contribution >= 0.6 is 0 Å². The van der Waals surface area contributed by atoms with Crippen LogP contribution in [0.25, 0.3) is 0 Å². The molecule has 0 saturated carbocycles. The van der Waals surface area contributed by atoms with Crippen LogP contribution < -0.4 is 0 Å². The molecule has 140 valence electrons. The molecule has 1 aliphatic rings. The van der Waals surface area contributed by atoms with Crippen LogP contribution in [-0.2, 0) is 16.6 Å². The minimum Gasteiger partial charge on any atom is -0.445 e. The minimum atomic E-state index is -0.312. The van der Waals surface area contributed by atoms with Gasteiger partial charge in [-0.05, 0) is 45.5 Å². The van der Waals surface area contributed by atoms with Gasteiger partial charge in [0, 0.05) is 19.5 Å². The van der Waals surface area contributed by atoms with Crippen molar-refractivity contribution in [2.75, 3.05) is 33.7 Å². The maximum atomic E-state index is 13.8. The monoisotopic (exact) mass is 359 g/mol. The number of aromatic nitrogens is 1. The van der Waals surface area contributed by atoms with E-state index in [1.54, 1.807) is 18.3 Å². The zero-order chi connectivity index (χ0) is 18.7. The first kappa shape index (κ1) is 18.6. The lowest BCUT2D eigenvalue weighted by Gasteiger charge is -2.38. The number of benzene rings is 1. The molecule has 2 heterocycles. The van der Waals surface area contributed by atoms with E-state index in [0.29, 0.717) is 36.7 Å². The molecule has 2 aromatic rings. The summed E-state index contributed by atoms with van der Waals surface area (Å²) in [5.41, 5.74) is 0.278. The quantitative estimate of drug-likeness (QED) is 0.824. The highest BCUT2D eigenvalue weighted by Gasteiger charge is 2.38. The molecule has 6 heteroatoms. The van der Waals surface area contributed by atoms with Crippen LogP contribution in [-0.4, -0.2) is 54.4 Å². The summed E-state index contributed by atoms with van der Waals surface area (Å²) in [6, 6.07) is 6.68. The summed E-state index contributed by atoms with van der Waals surface area (Å²) in [4.78, 5) is 20.6. The van der Waals surface area contributed by atoms with Gasteiger partial charge in [-0.1, -0.05) is 18.2 Å². The number of carbonyl (C=O) groups excluding carboxylic acids is 1. The van der Waals surface area contributed by atoms with E-state index in [1.807, 2.05) is 30.0 Å². The average Bonchev–Trinajstić information content (AvgIpc) is 3.06. The van der Waals surface area contributed by atoms with Crippen LogP contribution in [0.3, 0.4) is 0 Å². The maximum absolute atomic E-state index is 13.8. The van der Waals surface area contributed by atoms with Gasteiger partial charge in [-0.2, -0.15) is 0 Å². The number of carbonyl (C=O) groups is 1. The normalized spacial score (nSPS) is 20.6. The van der Waals surface area contributed by atoms with Gasteiger partial charge in [0.1, 0.15) is 11.6 Å². The van der Waals surface area contributed by atoms with Gasteiger partial charge in [-0.15, -0.1) is 0 Å². The molecule has 1 unspecified atom stereocenters. The summed E-state index contributed by atoms with van der Waals surface area (Å²) in [6.07, 6.45) is 3.88. The van der Waals surface area contributed by atoms with Gasteiger partial charge in [-0.25, -0.2) is 9.37 Å². The lowest BCUT2D eigenvalue weighted by molar-refractivity contribution is -0.134. The molecule has 0 spiro atoms. The van der Waals surface area contributed by atoms with Crippen LogP contribution in [0, 0.1) is 5.82 Å². The van der Waals surface area contributed by atoms with Crippen molar-refractivity contribution in [3.63, 3.8) is 0 Å². The Labute approximate surface area is 153 Å². The Kier molecular flexibility index (Phi) is 5.41. The van der Waals surface area contributed by atoms with Crippen molar-refractivity contribution < 1.29 is 13.6 Å². The topological polar surface area (TPSA) is 49.6 Å². The number of likely N-dealkylation sites (tertiary alicyclic amines) is 1. The smallest absolute Gasteiger partial charge is 0.236 e. The van der Waals surface area contributed by atoms with Crippen molar-refractivity contribution >= 4 is 5.91 Å². The number of oxazole rings is 1. The number of rotatable bonds is 5. The number of hydrogen-bond acceptors (Lipinski definition) is 4. The molecule has 0 bridgehead atoms. The molecule has 0 N–H and O–H groups in total. The third-order valence-corrected chi connectivity index (χ3v) is 4.89. The van der Waals surface area contributed by atoms with E-state index in [4.69, 9.17) is 4.42 Å². The maximum Gasteiger partial charge on any atom is 0.236 e. The van der Waals surface area contributed by atoms with Crippen molar-refractivity contribution in [3.05, 3.63) is 53.5 Å². The molecule has 0 aliphatic carbocycles. The first-order valence-corrected chi connectivity index (χ1v) is 8.98.